The van der Waals surface area contributed by atoms with Crippen LogP contribution in [0.2, 0.25) is 0 Å². The number of aryl methyl sites for hydroxylation is 1. The van der Waals surface area contributed by atoms with Crippen molar-refractivity contribution in [2.24, 2.45) is 5.92 Å². The molecule has 6 heteroatoms. The van der Waals surface area contributed by atoms with Crippen LogP contribution >= 0.6 is 11.8 Å². The lowest BCUT2D eigenvalue weighted by Gasteiger charge is -2.07. The predicted molar refractivity (Wildman–Crippen MR) is 63.5 cm³/mol. The highest BCUT2D eigenvalue weighted by molar-refractivity contribution is 7.99. The molecule has 2 N–H and O–H groups in total. The highest BCUT2D eigenvalue weighted by atomic mass is 32.2. The second-order valence-corrected chi connectivity index (χ2v) is 5.05. The number of aromatic amines is 1. The number of thioether (sulfide) groups is 1. The molecule has 1 aliphatic rings. The predicted octanol–water partition coefficient (Wildman–Crippen LogP) is 0.850. The second kappa shape index (κ2) is 5.34. The normalized spacial score (nSPS) is 19.9. The van der Waals surface area contributed by atoms with Crippen LogP contribution in [0.5, 0.6) is 0 Å². The molecule has 1 unspecified atom stereocenters. The van der Waals surface area contributed by atoms with E-state index in [1.807, 2.05) is 18.7 Å². The Hall–Kier alpha value is -1.04. The van der Waals surface area contributed by atoms with Gasteiger partial charge in [-0.2, -0.15) is 11.8 Å². The average Bonchev–Trinajstić information content (AvgIpc) is 2.96. The van der Waals surface area contributed by atoms with Crippen molar-refractivity contribution in [3.8, 4) is 0 Å². The number of nitrogens with zero attached hydrogens (tertiary/aromatic N) is 2. The Kier molecular flexibility index (Phi) is 3.82. The van der Waals surface area contributed by atoms with Gasteiger partial charge in [0.25, 0.3) is 5.91 Å². The van der Waals surface area contributed by atoms with Crippen LogP contribution in [0, 0.1) is 5.92 Å². The molecule has 0 saturated carbocycles. The molecule has 1 aromatic rings. The standard InChI is InChI=1S/C10H16N4OS/c1-2-8-12-9(14-13-8)10(15)11-5-7-3-4-16-6-7/h7H,2-6H2,1H3,(H,11,15)(H,12,13,14). The van der Waals surface area contributed by atoms with Gasteiger partial charge in [0.2, 0.25) is 5.82 Å². The fraction of sp³-hybridized carbons (Fsp3) is 0.700. The minimum absolute atomic E-state index is 0.173. The van der Waals surface area contributed by atoms with Gasteiger partial charge in [0.15, 0.2) is 0 Å². The van der Waals surface area contributed by atoms with E-state index in [0.717, 1.165) is 24.5 Å². The minimum Gasteiger partial charge on any atom is -0.349 e. The molecule has 5 nitrogen and oxygen atoms in total. The molecule has 0 radical (unpaired) electrons. The number of carbonyl (C=O) groups is 1. The molecule has 2 rings (SSSR count). The fourth-order valence-corrected chi connectivity index (χ4v) is 2.90. The summed E-state index contributed by atoms with van der Waals surface area (Å²) in [7, 11) is 0. The molecule has 1 saturated heterocycles. The van der Waals surface area contributed by atoms with Crippen molar-refractivity contribution in [2.45, 2.75) is 19.8 Å². The van der Waals surface area contributed by atoms with Crippen molar-refractivity contribution in [2.75, 3.05) is 18.1 Å². The zero-order chi connectivity index (χ0) is 11.4. The number of rotatable bonds is 4. The van der Waals surface area contributed by atoms with E-state index in [-0.39, 0.29) is 11.7 Å². The third-order valence-corrected chi connectivity index (χ3v) is 3.88. The van der Waals surface area contributed by atoms with Crippen molar-refractivity contribution < 1.29 is 4.79 Å². The third-order valence-electron chi connectivity index (χ3n) is 2.64. The first-order chi connectivity index (χ1) is 7.79. The molecule has 0 bridgehead atoms. The molecule has 1 amide bonds. The number of aromatic nitrogens is 3. The van der Waals surface area contributed by atoms with Crippen LogP contribution in [0.25, 0.3) is 0 Å². The first kappa shape index (κ1) is 11.4. The molecule has 16 heavy (non-hydrogen) atoms. The minimum atomic E-state index is -0.173. The fourth-order valence-electron chi connectivity index (χ4n) is 1.62. The third kappa shape index (κ3) is 2.75. The number of carbonyl (C=O) groups excluding carboxylic acids is 1. The molecule has 0 aromatic carbocycles. The SMILES string of the molecule is CCc1nc(C(=O)NCC2CCSC2)n[nH]1. The Morgan fingerprint density at radius 2 is 2.56 bits per heavy atom. The summed E-state index contributed by atoms with van der Waals surface area (Å²) in [5.41, 5.74) is 0. The molecule has 0 spiro atoms. The van der Waals surface area contributed by atoms with E-state index in [1.165, 1.54) is 12.2 Å². The second-order valence-electron chi connectivity index (χ2n) is 3.90. The lowest BCUT2D eigenvalue weighted by molar-refractivity contribution is 0.0938. The number of hydrogen-bond acceptors (Lipinski definition) is 4. The highest BCUT2D eigenvalue weighted by Crippen LogP contribution is 2.22. The van der Waals surface area contributed by atoms with Crippen LogP contribution < -0.4 is 5.32 Å². The molecular weight excluding hydrogens is 224 g/mol. The largest absolute Gasteiger partial charge is 0.349 e. The maximum absolute atomic E-state index is 11.7. The van der Waals surface area contributed by atoms with Crippen LogP contribution in [-0.4, -0.2) is 39.1 Å². The van der Waals surface area contributed by atoms with Gasteiger partial charge in [0.05, 0.1) is 0 Å². The summed E-state index contributed by atoms with van der Waals surface area (Å²) in [4.78, 5) is 15.8. The number of H-pyrrole nitrogens is 1. The Balaban J connectivity index is 1.82. The quantitative estimate of drug-likeness (QED) is 0.818. The van der Waals surface area contributed by atoms with Gasteiger partial charge in [-0.25, -0.2) is 4.98 Å². The lowest BCUT2D eigenvalue weighted by Crippen LogP contribution is -2.30. The Morgan fingerprint density at radius 3 is 3.19 bits per heavy atom. The van der Waals surface area contributed by atoms with Gasteiger partial charge in [-0.1, -0.05) is 6.92 Å². The molecular formula is C10H16N4OS. The van der Waals surface area contributed by atoms with Crippen LogP contribution in [-0.2, 0) is 6.42 Å². The molecule has 1 atom stereocenters. The van der Waals surface area contributed by atoms with Crippen molar-refractivity contribution in [1.29, 1.82) is 0 Å². The van der Waals surface area contributed by atoms with Gasteiger partial charge >= 0.3 is 0 Å². The van der Waals surface area contributed by atoms with Gasteiger partial charge in [-0.15, -0.1) is 5.10 Å². The average molecular weight is 240 g/mol. The van der Waals surface area contributed by atoms with Gasteiger partial charge in [0.1, 0.15) is 5.82 Å². The molecule has 1 aromatic heterocycles. The van der Waals surface area contributed by atoms with Crippen molar-refractivity contribution in [1.82, 2.24) is 20.5 Å². The zero-order valence-electron chi connectivity index (χ0n) is 9.32. The first-order valence-electron chi connectivity index (χ1n) is 5.56. The van der Waals surface area contributed by atoms with Crippen molar-refractivity contribution >= 4 is 17.7 Å². The van der Waals surface area contributed by atoms with E-state index < -0.39 is 0 Å². The van der Waals surface area contributed by atoms with E-state index >= 15 is 0 Å². The first-order valence-corrected chi connectivity index (χ1v) is 6.72. The summed E-state index contributed by atoms with van der Waals surface area (Å²) in [6, 6.07) is 0. The number of amides is 1. The van der Waals surface area contributed by atoms with Crippen LogP contribution in [0.1, 0.15) is 29.8 Å². The lowest BCUT2D eigenvalue weighted by atomic mass is 10.1. The van der Waals surface area contributed by atoms with Gasteiger partial charge in [0, 0.05) is 13.0 Å². The van der Waals surface area contributed by atoms with Gasteiger partial charge in [-0.3, -0.25) is 9.89 Å². The molecule has 0 aliphatic carbocycles. The maximum atomic E-state index is 11.7. The highest BCUT2D eigenvalue weighted by Gasteiger charge is 2.18. The summed E-state index contributed by atoms with van der Waals surface area (Å²) in [6.07, 6.45) is 1.96. The number of nitrogens with one attached hydrogen (secondary N) is 2. The summed E-state index contributed by atoms with van der Waals surface area (Å²) in [5.74, 6) is 3.80. The van der Waals surface area contributed by atoms with Crippen LogP contribution in [0.3, 0.4) is 0 Å². The van der Waals surface area contributed by atoms with E-state index in [9.17, 15) is 4.79 Å². The molecule has 1 aliphatic heterocycles. The Bertz CT molecular complexity index is 359. The molecule has 1 fully saturated rings. The van der Waals surface area contributed by atoms with Crippen molar-refractivity contribution in [3.05, 3.63) is 11.6 Å². The van der Waals surface area contributed by atoms with Crippen molar-refractivity contribution in [3.63, 3.8) is 0 Å². The summed E-state index contributed by atoms with van der Waals surface area (Å²) < 4.78 is 0. The topological polar surface area (TPSA) is 70.7 Å². The van der Waals surface area contributed by atoms with Crippen LogP contribution in [0.4, 0.5) is 0 Å². The van der Waals surface area contributed by atoms with Gasteiger partial charge < -0.3 is 5.32 Å². The van der Waals surface area contributed by atoms with E-state index in [4.69, 9.17) is 0 Å². The number of hydrogen-bond donors (Lipinski definition) is 2. The smallest absolute Gasteiger partial charge is 0.290 e. The van der Waals surface area contributed by atoms with E-state index in [0.29, 0.717) is 5.92 Å². The van der Waals surface area contributed by atoms with Crippen LogP contribution in [0.15, 0.2) is 0 Å². The molecule has 88 valence electrons. The Morgan fingerprint density at radius 1 is 1.69 bits per heavy atom. The summed E-state index contributed by atoms with van der Waals surface area (Å²) in [5, 5.41) is 9.50. The van der Waals surface area contributed by atoms with E-state index in [2.05, 4.69) is 20.5 Å². The maximum Gasteiger partial charge on any atom is 0.290 e. The van der Waals surface area contributed by atoms with E-state index in [1.54, 1.807) is 0 Å². The Labute approximate surface area is 98.8 Å². The molecule has 2 heterocycles. The summed E-state index contributed by atoms with van der Waals surface area (Å²) >= 11 is 1.95. The zero-order valence-corrected chi connectivity index (χ0v) is 10.1. The monoisotopic (exact) mass is 240 g/mol. The van der Waals surface area contributed by atoms with Gasteiger partial charge in [-0.05, 0) is 23.8 Å². The summed E-state index contributed by atoms with van der Waals surface area (Å²) in [6.45, 7) is 2.71.